The summed E-state index contributed by atoms with van der Waals surface area (Å²) in [6.45, 7) is 0. The highest BCUT2D eigenvalue weighted by atomic mass is 35.5. The van der Waals surface area contributed by atoms with Gasteiger partial charge in [0.25, 0.3) is 0 Å². The van der Waals surface area contributed by atoms with Crippen LogP contribution < -0.4 is 10.1 Å². The third kappa shape index (κ3) is 2.19. The van der Waals surface area contributed by atoms with Crippen molar-refractivity contribution in [3.8, 4) is 5.88 Å². The number of methoxy groups -OCH3 is 1. The van der Waals surface area contributed by atoms with Crippen LogP contribution in [0.15, 0.2) is 18.3 Å². The number of carbonyl (C=O) groups is 1. The van der Waals surface area contributed by atoms with Crippen LogP contribution >= 0.6 is 11.6 Å². The molecule has 1 N–H and O–H groups in total. The number of carbonyl (C=O) groups excluding carboxylic acids is 1. The molecule has 1 aromatic heterocycles. The molecule has 4 nitrogen and oxygen atoms in total. The molecule has 0 spiro atoms. The van der Waals surface area contributed by atoms with E-state index in [1.165, 1.54) is 6.42 Å². The van der Waals surface area contributed by atoms with Gasteiger partial charge in [-0.1, -0.05) is 0 Å². The fourth-order valence-corrected chi connectivity index (χ4v) is 6.01. The number of nitrogens with one attached hydrogen (secondary N) is 1. The molecule has 1 aromatic rings. The minimum atomic E-state index is -0.299. The lowest BCUT2D eigenvalue weighted by Crippen LogP contribution is -2.57. The quantitative estimate of drug-likeness (QED) is 0.866. The zero-order chi connectivity index (χ0) is 15.4. The molecule has 5 heteroatoms. The molecule has 0 aliphatic heterocycles. The molecule has 0 unspecified atom stereocenters. The lowest BCUT2D eigenvalue weighted by molar-refractivity contribution is -0.138. The Balaban J connectivity index is 1.60. The molecule has 2 atom stereocenters. The van der Waals surface area contributed by atoms with Gasteiger partial charge in [-0.2, -0.15) is 0 Å². The van der Waals surface area contributed by atoms with Crippen LogP contribution in [0.4, 0.5) is 5.69 Å². The third-order valence-electron chi connectivity index (χ3n) is 5.68. The van der Waals surface area contributed by atoms with Gasteiger partial charge in [0.1, 0.15) is 5.69 Å². The van der Waals surface area contributed by atoms with Crippen molar-refractivity contribution in [2.24, 2.45) is 17.3 Å². The van der Waals surface area contributed by atoms with E-state index in [0.717, 1.165) is 32.1 Å². The van der Waals surface area contributed by atoms with Gasteiger partial charge >= 0.3 is 0 Å². The average Bonchev–Trinajstić information content (AvgIpc) is 2.45. The molecule has 1 heterocycles. The van der Waals surface area contributed by atoms with Crippen LogP contribution in [0.2, 0.25) is 0 Å². The minimum Gasteiger partial charge on any atom is -0.480 e. The molecule has 4 bridgehead atoms. The molecule has 4 saturated carbocycles. The normalized spacial score (nSPS) is 38.8. The maximum atomic E-state index is 13.0. The number of hydrogen-bond acceptors (Lipinski definition) is 3. The van der Waals surface area contributed by atoms with Gasteiger partial charge in [-0.05, 0) is 62.5 Å². The van der Waals surface area contributed by atoms with Crippen molar-refractivity contribution in [3.63, 3.8) is 0 Å². The molecule has 5 rings (SSSR count). The molecule has 4 aliphatic carbocycles. The standard InChI is InChI=1S/C17H21ClN2O2/c1-22-14-13(3-2-4-19-14)20-15(21)16-6-11-5-12(7-16)9-17(18,8-11)10-16/h2-4,11-12H,5-10H2,1H3,(H,20,21)/t11-,12-,16?,17?/m1/s1. The highest BCUT2D eigenvalue weighted by Gasteiger charge is 2.60. The van der Waals surface area contributed by atoms with E-state index in [9.17, 15) is 4.79 Å². The summed E-state index contributed by atoms with van der Waals surface area (Å²) in [5, 5.41) is 3.05. The zero-order valence-corrected chi connectivity index (χ0v) is 13.5. The summed E-state index contributed by atoms with van der Waals surface area (Å²) >= 11 is 6.81. The van der Waals surface area contributed by atoms with Crippen molar-refractivity contribution in [1.29, 1.82) is 0 Å². The van der Waals surface area contributed by atoms with Crippen LogP contribution in [0.5, 0.6) is 5.88 Å². The van der Waals surface area contributed by atoms with Gasteiger partial charge < -0.3 is 10.1 Å². The lowest BCUT2D eigenvalue weighted by Gasteiger charge is -2.59. The number of rotatable bonds is 3. The van der Waals surface area contributed by atoms with Gasteiger partial charge in [0.2, 0.25) is 11.8 Å². The molecule has 4 fully saturated rings. The molecule has 118 valence electrons. The Morgan fingerprint density at radius 3 is 2.73 bits per heavy atom. The Labute approximate surface area is 135 Å². The number of aromatic nitrogens is 1. The van der Waals surface area contributed by atoms with E-state index < -0.39 is 0 Å². The maximum absolute atomic E-state index is 13.0. The Hall–Kier alpha value is -1.29. The van der Waals surface area contributed by atoms with Crippen molar-refractivity contribution in [2.45, 2.75) is 43.4 Å². The number of nitrogens with zero attached hydrogens (tertiary/aromatic N) is 1. The number of halogens is 1. The van der Waals surface area contributed by atoms with E-state index in [-0.39, 0.29) is 16.2 Å². The number of ether oxygens (including phenoxy) is 1. The summed E-state index contributed by atoms with van der Waals surface area (Å²) in [4.78, 5) is 17.0. The smallest absolute Gasteiger partial charge is 0.237 e. The van der Waals surface area contributed by atoms with Gasteiger partial charge in [0.05, 0.1) is 12.5 Å². The molecule has 0 aromatic carbocycles. The first-order valence-corrected chi connectivity index (χ1v) is 8.39. The Kier molecular flexibility index (Phi) is 3.16. The van der Waals surface area contributed by atoms with E-state index >= 15 is 0 Å². The average molecular weight is 321 g/mol. The Morgan fingerprint density at radius 1 is 1.36 bits per heavy atom. The van der Waals surface area contributed by atoms with Crippen LogP contribution in [0, 0.1) is 17.3 Å². The lowest BCUT2D eigenvalue weighted by atomic mass is 9.49. The number of pyridine rings is 1. The van der Waals surface area contributed by atoms with Crippen LogP contribution in [0.3, 0.4) is 0 Å². The molecule has 0 saturated heterocycles. The maximum Gasteiger partial charge on any atom is 0.237 e. The van der Waals surface area contributed by atoms with Gasteiger partial charge in [-0.15, -0.1) is 11.6 Å². The summed E-state index contributed by atoms with van der Waals surface area (Å²) in [6, 6.07) is 3.64. The van der Waals surface area contributed by atoms with Crippen LogP contribution in [-0.4, -0.2) is 22.9 Å². The fraction of sp³-hybridized carbons (Fsp3) is 0.647. The first-order valence-electron chi connectivity index (χ1n) is 8.01. The van der Waals surface area contributed by atoms with Gasteiger partial charge in [-0.25, -0.2) is 4.98 Å². The SMILES string of the molecule is COc1ncccc1NC(=O)C12C[C@H]3C[C@@H](CC(Cl)(C3)C1)C2. The predicted molar refractivity (Wildman–Crippen MR) is 85.1 cm³/mol. The highest BCUT2D eigenvalue weighted by Crippen LogP contribution is 2.64. The second kappa shape index (κ2) is 4.85. The molecular formula is C17H21ClN2O2. The fourth-order valence-electron chi connectivity index (χ4n) is 5.32. The van der Waals surface area contributed by atoms with Crippen molar-refractivity contribution in [3.05, 3.63) is 18.3 Å². The summed E-state index contributed by atoms with van der Waals surface area (Å²) < 4.78 is 5.23. The topological polar surface area (TPSA) is 51.2 Å². The summed E-state index contributed by atoms with van der Waals surface area (Å²) in [7, 11) is 1.57. The van der Waals surface area contributed by atoms with Crippen molar-refractivity contribution >= 4 is 23.2 Å². The zero-order valence-electron chi connectivity index (χ0n) is 12.8. The van der Waals surface area contributed by atoms with Crippen LogP contribution in [-0.2, 0) is 4.79 Å². The van der Waals surface area contributed by atoms with E-state index in [0.29, 0.717) is 23.4 Å². The Morgan fingerprint density at radius 2 is 2.09 bits per heavy atom. The van der Waals surface area contributed by atoms with Crippen molar-refractivity contribution in [1.82, 2.24) is 4.98 Å². The number of alkyl halides is 1. The highest BCUT2D eigenvalue weighted by molar-refractivity contribution is 6.24. The van der Waals surface area contributed by atoms with Crippen LogP contribution in [0.25, 0.3) is 0 Å². The molecule has 22 heavy (non-hydrogen) atoms. The predicted octanol–water partition coefficient (Wildman–Crippen LogP) is 3.61. The van der Waals surface area contributed by atoms with Crippen molar-refractivity contribution in [2.75, 3.05) is 12.4 Å². The van der Waals surface area contributed by atoms with Crippen LogP contribution in [0.1, 0.15) is 38.5 Å². The first-order chi connectivity index (χ1) is 10.5. The molecule has 4 aliphatic rings. The summed E-state index contributed by atoms with van der Waals surface area (Å²) in [5.74, 6) is 1.78. The summed E-state index contributed by atoms with van der Waals surface area (Å²) in [6.07, 6.45) is 7.83. The number of amides is 1. The minimum absolute atomic E-state index is 0.0953. The number of anilines is 1. The molecular weight excluding hydrogens is 300 g/mol. The third-order valence-corrected chi connectivity index (χ3v) is 6.13. The monoisotopic (exact) mass is 320 g/mol. The number of hydrogen-bond donors (Lipinski definition) is 1. The molecule has 0 radical (unpaired) electrons. The van der Waals surface area contributed by atoms with Gasteiger partial charge in [0.15, 0.2) is 0 Å². The largest absolute Gasteiger partial charge is 0.480 e. The van der Waals surface area contributed by atoms with Crippen molar-refractivity contribution < 1.29 is 9.53 Å². The summed E-state index contributed by atoms with van der Waals surface area (Å²) in [5.41, 5.74) is 0.349. The Bertz CT molecular complexity index is 604. The van der Waals surface area contributed by atoms with E-state index in [2.05, 4.69) is 10.3 Å². The van der Waals surface area contributed by atoms with Gasteiger partial charge in [0, 0.05) is 11.1 Å². The first kappa shape index (κ1) is 14.3. The van der Waals surface area contributed by atoms with E-state index in [1.54, 1.807) is 19.4 Å². The second-order valence-electron chi connectivity index (χ2n) is 7.41. The van der Waals surface area contributed by atoms with E-state index in [4.69, 9.17) is 16.3 Å². The van der Waals surface area contributed by atoms with E-state index in [1.807, 2.05) is 6.07 Å². The second-order valence-corrected chi connectivity index (χ2v) is 8.21. The van der Waals surface area contributed by atoms with Gasteiger partial charge in [-0.3, -0.25) is 4.79 Å². The molecule has 1 amide bonds.